The number of rotatable bonds is 3. The average molecular weight is 116 g/mol. The summed E-state index contributed by atoms with van der Waals surface area (Å²) in [6.45, 7) is 2.19. The fraction of sp³-hybridized carbons (Fsp3) is 1.00. The monoisotopic (exact) mass is 116 g/mol. The van der Waals surface area contributed by atoms with Crippen molar-refractivity contribution in [1.29, 1.82) is 0 Å². The van der Waals surface area contributed by atoms with Gasteiger partial charge in [0.15, 0.2) is 0 Å². The Bertz CT molecular complexity index is 20.8. The highest BCUT2D eigenvalue weighted by Gasteiger charge is 1.80. The summed E-state index contributed by atoms with van der Waals surface area (Å²) in [7, 11) is 3.53. The van der Waals surface area contributed by atoms with Crippen LogP contribution in [0.15, 0.2) is 0 Å². The lowest BCUT2D eigenvalue weighted by molar-refractivity contribution is 0.445. The largest absolute Gasteiger partial charge is 0.421 e. The summed E-state index contributed by atoms with van der Waals surface area (Å²) >= 11 is 0. The standard InChI is InChI=1S/C3H8OSi2/c1-4-6-3-5-2/h3H2,1-2H3. The molecular formula is C3H8OSi2. The van der Waals surface area contributed by atoms with Crippen molar-refractivity contribution < 1.29 is 4.43 Å². The Morgan fingerprint density at radius 2 is 2.33 bits per heavy atom. The molecule has 0 saturated heterocycles. The molecule has 0 N–H and O–H groups in total. The predicted octanol–water partition coefficient (Wildman–Crippen LogP) is 0.380. The van der Waals surface area contributed by atoms with Gasteiger partial charge in [-0.1, -0.05) is 6.55 Å². The molecule has 4 radical (unpaired) electrons. The van der Waals surface area contributed by atoms with E-state index >= 15 is 0 Å². The lowest BCUT2D eigenvalue weighted by Gasteiger charge is -1.85. The SMILES string of the molecule is CO[Si]C[Si]C. The lowest BCUT2D eigenvalue weighted by atomic mass is 11.8. The molecule has 0 rings (SSSR count). The van der Waals surface area contributed by atoms with Crippen molar-refractivity contribution in [1.82, 2.24) is 0 Å². The third-order valence-electron chi connectivity index (χ3n) is 0.393. The van der Waals surface area contributed by atoms with Gasteiger partial charge in [0.2, 0.25) is 9.76 Å². The van der Waals surface area contributed by atoms with Crippen LogP contribution in [0.3, 0.4) is 0 Å². The summed E-state index contributed by atoms with van der Waals surface area (Å²) in [5.41, 5.74) is 1.25. The van der Waals surface area contributed by atoms with Crippen molar-refractivity contribution in [2.24, 2.45) is 0 Å². The molecule has 0 aliphatic heterocycles. The van der Waals surface area contributed by atoms with Crippen LogP contribution in [0, 0.1) is 0 Å². The van der Waals surface area contributed by atoms with Gasteiger partial charge >= 0.3 is 0 Å². The second-order valence-electron chi connectivity index (χ2n) is 0.879. The van der Waals surface area contributed by atoms with Gasteiger partial charge in [-0.2, -0.15) is 0 Å². The first kappa shape index (κ1) is 6.39. The normalized spacial score (nSPS) is 9.00. The third kappa shape index (κ3) is 4.39. The Balaban J connectivity index is 2.34. The fourth-order valence-electron chi connectivity index (χ4n) is 0.144. The zero-order chi connectivity index (χ0) is 4.83. The van der Waals surface area contributed by atoms with E-state index in [9.17, 15) is 0 Å². The Labute approximate surface area is 43.9 Å². The average Bonchev–Trinajstić information content (AvgIpc) is 1.61. The summed E-state index contributed by atoms with van der Waals surface area (Å²) < 4.78 is 4.82. The van der Waals surface area contributed by atoms with Crippen LogP contribution in [0.1, 0.15) is 0 Å². The maximum Gasteiger partial charge on any atom is 0.225 e. The summed E-state index contributed by atoms with van der Waals surface area (Å²) in [5.74, 6) is 0. The topological polar surface area (TPSA) is 9.23 Å². The highest BCUT2D eigenvalue weighted by atomic mass is 28.3. The van der Waals surface area contributed by atoms with Crippen molar-refractivity contribution in [2.45, 2.75) is 12.2 Å². The van der Waals surface area contributed by atoms with E-state index in [4.69, 9.17) is 4.43 Å². The lowest BCUT2D eigenvalue weighted by Crippen LogP contribution is -1.95. The molecule has 1 nitrogen and oxygen atoms in total. The maximum atomic E-state index is 4.82. The van der Waals surface area contributed by atoms with Crippen molar-refractivity contribution in [2.75, 3.05) is 7.11 Å². The van der Waals surface area contributed by atoms with E-state index in [0.29, 0.717) is 0 Å². The number of hydrogen-bond acceptors (Lipinski definition) is 1. The minimum Gasteiger partial charge on any atom is -0.421 e. The molecule has 0 aromatic rings. The van der Waals surface area contributed by atoms with Gasteiger partial charge in [0, 0.05) is 16.6 Å². The molecule has 0 heterocycles. The van der Waals surface area contributed by atoms with E-state index in [1.165, 1.54) is 5.67 Å². The molecule has 0 atom stereocenters. The van der Waals surface area contributed by atoms with Gasteiger partial charge < -0.3 is 4.43 Å². The first-order valence-corrected chi connectivity index (χ1v) is 4.64. The molecule has 0 unspecified atom stereocenters. The zero-order valence-electron chi connectivity index (χ0n) is 4.12. The Morgan fingerprint density at radius 3 is 2.50 bits per heavy atom. The Hall–Kier alpha value is 0.394. The van der Waals surface area contributed by atoms with Gasteiger partial charge in [-0.05, 0) is 5.67 Å². The van der Waals surface area contributed by atoms with Crippen molar-refractivity contribution in [3.8, 4) is 0 Å². The molecule has 0 bridgehead atoms. The van der Waals surface area contributed by atoms with E-state index in [0.717, 1.165) is 19.3 Å². The molecule has 0 amide bonds. The van der Waals surface area contributed by atoms with E-state index in [2.05, 4.69) is 6.55 Å². The van der Waals surface area contributed by atoms with Crippen molar-refractivity contribution >= 4 is 19.3 Å². The molecule has 34 valence electrons. The summed E-state index contributed by atoms with van der Waals surface area (Å²) in [4.78, 5) is 0. The van der Waals surface area contributed by atoms with Gasteiger partial charge in [-0.3, -0.25) is 0 Å². The van der Waals surface area contributed by atoms with Crippen molar-refractivity contribution in [3.05, 3.63) is 0 Å². The van der Waals surface area contributed by atoms with Crippen LogP contribution in [0.5, 0.6) is 0 Å². The third-order valence-corrected chi connectivity index (χ3v) is 2.67. The van der Waals surface area contributed by atoms with Gasteiger partial charge in [0.25, 0.3) is 0 Å². The minimum atomic E-state index is 0.727. The van der Waals surface area contributed by atoms with Crippen LogP contribution in [-0.4, -0.2) is 26.4 Å². The van der Waals surface area contributed by atoms with Crippen LogP contribution in [0.25, 0.3) is 0 Å². The summed E-state index contributed by atoms with van der Waals surface area (Å²) in [6.07, 6.45) is 0. The van der Waals surface area contributed by atoms with Gasteiger partial charge in [0.05, 0.1) is 0 Å². The second-order valence-corrected chi connectivity index (χ2v) is 3.70. The highest BCUT2D eigenvalue weighted by Crippen LogP contribution is 1.71. The molecule has 0 aliphatic rings. The Kier molecular flexibility index (Phi) is 5.75. The zero-order valence-corrected chi connectivity index (χ0v) is 6.12. The van der Waals surface area contributed by atoms with Crippen LogP contribution < -0.4 is 0 Å². The Morgan fingerprint density at radius 1 is 1.67 bits per heavy atom. The van der Waals surface area contributed by atoms with Crippen LogP contribution >= 0.6 is 0 Å². The summed E-state index contributed by atoms with van der Waals surface area (Å²) in [6, 6.07) is 0. The van der Waals surface area contributed by atoms with Crippen LogP contribution in [0.4, 0.5) is 0 Å². The van der Waals surface area contributed by atoms with Crippen LogP contribution in [0.2, 0.25) is 12.2 Å². The van der Waals surface area contributed by atoms with Gasteiger partial charge in [0.1, 0.15) is 0 Å². The second kappa shape index (κ2) is 5.39. The molecule has 0 aromatic carbocycles. The van der Waals surface area contributed by atoms with E-state index in [1.54, 1.807) is 7.11 Å². The number of hydrogen-bond donors (Lipinski definition) is 0. The molecule has 3 heteroatoms. The minimum absolute atomic E-state index is 0.727. The van der Waals surface area contributed by atoms with Gasteiger partial charge in [-0.15, -0.1) is 0 Å². The summed E-state index contributed by atoms with van der Waals surface area (Å²) in [5, 5.41) is 0. The molecule has 0 aromatic heterocycles. The van der Waals surface area contributed by atoms with E-state index in [1.807, 2.05) is 0 Å². The smallest absolute Gasteiger partial charge is 0.225 e. The van der Waals surface area contributed by atoms with Gasteiger partial charge in [-0.25, -0.2) is 0 Å². The molecule has 0 fully saturated rings. The molecular weight excluding hydrogens is 108 g/mol. The molecule has 0 spiro atoms. The molecule has 0 saturated carbocycles. The van der Waals surface area contributed by atoms with Crippen LogP contribution in [-0.2, 0) is 4.43 Å². The fourth-order valence-corrected chi connectivity index (χ4v) is 1.30. The first-order chi connectivity index (χ1) is 2.91. The predicted molar refractivity (Wildman–Crippen MR) is 29.2 cm³/mol. The molecule has 0 aliphatic carbocycles. The van der Waals surface area contributed by atoms with E-state index < -0.39 is 0 Å². The van der Waals surface area contributed by atoms with E-state index in [-0.39, 0.29) is 0 Å². The highest BCUT2D eigenvalue weighted by molar-refractivity contribution is 6.51. The first-order valence-electron chi connectivity index (χ1n) is 1.82. The quantitative estimate of drug-likeness (QED) is 0.383. The molecule has 6 heavy (non-hydrogen) atoms. The van der Waals surface area contributed by atoms with Crippen molar-refractivity contribution in [3.63, 3.8) is 0 Å². The maximum absolute atomic E-state index is 4.82.